The zero-order chi connectivity index (χ0) is 26.9. The summed E-state index contributed by atoms with van der Waals surface area (Å²) in [6.45, 7) is 3.99. The van der Waals surface area contributed by atoms with Crippen molar-refractivity contribution in [3.63, 3.8) is 0 Å². The molecule has 0 radical (unpaired) electrons. The Morgan fingerprint density at radius 3 is 2.54 bits per heavy atom. The summed E-state index contributed by atoms with van der Waals surface area (Å²) in [5.74, 6) is -2.00. The first-order valence-corrected chi connectivity index (χ1v) is 11.7. The predicted octanol–water partition coefficient (Wildman–Crippen LogP) is 1.77. The minimum Gasteiger partial charge on any atom is -0.481 e. The number of imidazole rings is 1. The quantitative estimate of drug-likeness (QED) is 0.352. The molecule has 4 N–H and O–H groups in total. The number of carboxylic acids is 2. The Bertz CT molecular complexity index is 1270. The molecule has 0 aliphatic carbocycles. The van der Waals surface area contributed by atoms with Gasteiger partial charge >= 0.3 is 11.7 Å². The highest BCUT2D eigenvalue weighted by molar-refractivity contribution is 5.91. The van der Waals surface area contributed by atoms with Crippen molar-refractivity contribution in [1.82, 2.24) is 19.5 Å². The fourth-order valence-corrected chi connectivity index (χ4v) is 4.13. The van der Waals surface area contributed by atoms with Gasteiger partial charge in [-0.2, -0.15) is 4.98 Å². The van der Waals surface area contributed by atoms with Gasteiger partial charge in [0.2, 0.25) is 11.9 Å². The second kappa shape index (κ2) is 12.5. The number of carbonyl (C=O) groups excluding carboxylic acids is 1. The van der Waals surface area contributed by atoms with E-state index in [1.54, 1.807) is 18.6 Å². The average molecular weight is 511 g/mol. The number of nitrogens with one attached hydrogen (secondary N) is 2. The number of amides is 1. The summed E-state index contributed by atoms with van der Waals surface area (Å²) >= 11 is 0. The molecule has 2 unspecified atom stereocenters. The van der Waals surface area contributed by atoms with Crippen LogP contribution in [0.15, 0.2) is 53.7 Å². The lowest BCUT2D eigenvalue weighted by atomic mass is 9.99. The van der Waals surface area contributed by atoms with Gasteiger partial charge in [-0.25, -0.2) is 9.78 Å². The lowest BCUT2D eigenvalue weighted by Crippen LogP contribution is -2.34. The number of aromatic nitrogens is 4. The van der Waals surface area contributed by atoms with Gasteiger partial charge < -0.3 is 20.1 Å². The van der Waals surface area contributed by atoms with Crippen molar-refractivity contribution < 1.29 is 24.6 Å². The van der Waals surface area contributed by atoms with E-state index in [2.05, 4.69) is 20.3 Å². The van der Waals surface area contributed by atoms with Gasteiger partial charge in [0, 0.05) is 50.7 Å². The van der Waals surface area contributed by atoms with E-state index in [9.17, 15) is 19.5 Å². The van der Waals surface area contributed by atoms with E-state index < -0.39 is 23.5 Å². The van der Waals surface area contributed by atoms with E-state index in [4.69, 9.17) is 9.90 Å². The number of carboxylic acid groups (broad SMARTS) is 2. The van der Waals surface area contributed by atoms with Crippen molar-refractivity contribution in [2.75, 3.05) is 23.3 Å². The third-order valence-corrected chi connectivity index (χ3v) is 5.84. The number of aliphatic carboxylic acids is 2. The monoisotopic (exact) mass is 510 g/mol. The molecule has 0 saturated carbocycles. The number of hydrogen-bond acceptors (Lipinski definition) is 7. The van der Waals surface area contributed by atoms with Crippen LogP contribution in [0.2, 0.25) is 0 Å². The van der Waals surface area contributed by atoms with Gasteiger partial charge in [0.1, 0.15) is 5.82 Å². The number of aromatic amines is 1. The summed E-state index contributed by atoms with van der Waals surface area (Å²) < 4.78 is 1.36. The van der Waals surface area contributed by atoms with E-state index in [1.807, 2.05) is 42.2 Å². The molecular weight excluding hydrogens is 480 g/mol. The molecule has 2 aromatic heterocycles. The third-order valence-electron chi connectivity index (χ3n) is 5.84. The first kappa shape index (κ1) is 27.1. The normalized spacial score (nSPS) is 15.4. The molecule has 37 heavy (non-hydrogen) atoms. The molecule has 1 aliphatic heterocycles. The van der Waals surface area contributed by atoms with E-state index in [0.29, 0.717) is 37.7 Å². The Kier molecular flexibility index (Phi) is 9.14. The number of benzene rings is 1. The van der Waals surface area contributed by atoms with Crippen LogP contribution in [-0.4, -0.2) is 60.7 Å². The van der Waals surface area contributed by atoms with Crippen LogP contribution in [0, 0.1) is 18.8 Å². The van der Waals surface area contributed by atoms with Gasteiger partial charge in [0.15, 0.2) is 0 Å². The topological polar surface area (TPSA) is 171 Å². The summed E-state index contributed by atoms with van der Waals surface area (Å²) in [6, 6.07) is 9.34. The molecule has 1 fully saturated rings. The summed E-state index contributed by atoms with van der Waals surface area (Å²) in [6.07, 6.45) is 5.81. The minimum atomic E-state index is -0.961. The molecule has 1 saturated heterocycles. The van der Waals surface area contributed by atoms with Crippen LogP contribution in [0.4, 0.5) is 11.8 Å². The Hall–Kier alpha value is -4.48. The molecule has 12 heteroatoms. The van der Waals surface area contributed by atoms with Crippen molar-refractivity contribution in [2.24, 2.45) is 11.8 Å². The molecule has 0 spiro atoms. The van der Waals surface area contributed by atoms with E-state index in [0.717, 1.165) is 18.1 Å². The van der Waals surface area contributed by atoms with Crippen LogP contribution in [0.1, 0.15) is 24.5 Å². The van der Waals surface area contributed by atoms with E-state index in [-0.39, 0.29) is 18.4 Å². The fraction of sp³-hybridized carbons (Fsp3) is 0.360. The number of H-pyrrole nitrogens is 1. The minimum absolute atomic E-state index is 0.0331. The molecule has 1 aliphatic rings. The van der Waals surface area contributed by atoms with Crippen molar-refractivity contribution in [2.45, 2.75) is 33.2 Å². The second-order valence-corrected chi connectivity index (χ2v) is 8.79. The van der Waals surface area contributed by atoms with Gasteiger partial charge in [-0.1, -0.05) is 30.3 Å². The number of rotatable bonds is 8. The second-order valence-electron chi connectivity index (χ2n) is 8.79. The molecule has 1 amide bonds. The number of nitrogens with zero attached hydrogens (tertiary/aromatic N) is 4. The molecule has 196 valence electrons. The molecule has 3 aromatic rings. The Balaban J connectivity index is 0.000000886. The SMILES string of the molecule is CC(=O)O.Cc1cn(CC(Cc2ccccc2)C(=O)O)c(=O)nc1N1CCC(C(=O)Nc2ncc[nH]2)C1. The Morgan fingerprint density at radius 1 is 1.22 bits per heavy atom. The number of hydrogen-bond donors (Lipinski definition) is 4. The van der Waals surface area contributed by atoms with Gasteiger partial charge in [0.05, 0.1) is 11.8 Å². The van der Waals surface area contributed by atoms with Crippen LogP contribution >= 0.6 is 0 Å². The third kappa shape index (κ3) is 7.75. The molecular formula is C25H30N6O6. The van der Waals surface area contributed by atoms with Gasteiger partial charge in [-0.3, -0.25) is 24.3 Å². The highest BCUT2D eigenvalue weighted by Gasteiger charge is 2.31. The standard InChI is InChI=1S/C23H26N6O4.C2H4O2/c1-15-12-29(14-18(21(31)32)11-16-5-3-2-4-6-16)23(33)26-19(15)28-10-7-17(13-28)20(30)27-22-24-8-9-25-22;1-2(3)4/h2-6,8-9,12,17-18H,7,10-11,13-14H2,1H3,(H,31,32)(H2,24,25,27,30);1H3,(H,3,4). The van der Waals surface area contributed by atoms with Crippen molar-refractivity contribution >= 4 is 29.6 Å². The van der Waals surface area contributed by atoms with Crippen LogP contribution in [-0.2, 0) is 27.3 Å². The number of aryl methyl sites for hydroxylation is 1. The molecule has 1 aromatic carbocycles. The van der Waals surface area contributed by atoms with Gasteiger partial charge in [0.25, 0.3) is 5.97 Å². The average Bonchev–Trinajstić information content (AvgIpc) is 3.53. The van der Waals surface area contributed by atoms with Crippen molar-refractivity contribution in [3.05, 3.63) is 70.5 Å². The fourth-order valence-electron chi connectivity index (χ4n) is 4.13. The maximum absolute atomic E-state index is 12.7. The lowest BCUT2D eigenvalue weighted by Gasteiger charge is -2.21. The van der Waals surface area contributed by atoms with E-state index >= 15 is 0 Å². The summed E-state index contributed by atoms with van der Waals surface area (Å²) in [5, 5.41) is 19.8. The maximum atomic E-state index is 12.7. The van der Waals surface area contributed by atoms with Crippen LogP contribution in [0.25, 0.3) is 0 Å². The summed E-state index contributed by atoms with van der Waals surface area (Å²) in [7, 11) is 0. The van der Waals surface area contributed by atoms with Crippen LogP contribution in [0.3, 0.4) is 0 Å². The van der Waals surface area contributed by atoms with Crippen molar-refractivity contribution in [1.29, 1.82) is 0 Å². The van der Waals surface area contributed by atoms with Crippen molar-refractivity contribution in [3.8, 4) is 0 Å². The number of anilines is 2. The first-order valence-electron chi connectivity index (χ1n) is 11.7. The predicted molar refractivity (Wildman–Crippen MR) is 135 cm³/mol. The Morgan fingerprint density at radius 2 is 1.92 bits per heavy atom. The molecule has 12 nitrogen and oxygen atoms in total. The summed E-state index contributed by atoms with van der Waals surface area (Å²) in [4.78, 5) is 59.0. The molecule has 0 bridgehead atoms. The highest BCUT2D eigenvalue weighted by Crippen LogP contribution is 2.25. The smallest absolute Gasteiger partial charge is 0.349 e. The largest absolute Gasteiger partial charge is 0.481 e. The zero-order valence-corrected chi connectivity index (χ0v) is 20.6. The van der Waals surface area contributed by atoms with E-state index in [1.165, 1.54) is 4.57 Å². The maximum Gasteiger partial charge on any atom is 0.349 e. The zero-order valence-electron chi connectivity index (χ0n) is 20.6. The number of carbonyl (C=O) groups is 3. The summed E-state index contributed by atoms with van der Waals surface area (Å²) in [5.41, 5.74) is 1.15. The molecule has 4 rings (SSSR count). The van der Waals surface area contributed by atoms with Crippen LogP contribution in [0.5, 0.6) is 0 Å². The Labute approximate surface area is 213 Å². The van der Waals surface area contributed by atoms with Crippen LogP contribution < -0.4 is 15.9 Å². The molecule has 2 atom stereocenters. The van der Waals surface area contributed by atoms with Gasteiger partial charge in [-0.15, -0.1) is 0 Å². The molecule has 3 heterocycles. The lowest BCUT2D eigenvalue weighted by molar-refractivity contribution is -0.142. The first-order chi connectivity index (χ1) is 17.6. The van der Waals surface area contributed by atoms with Gasteiger partial charge in [-0.05, 0) is 25.3 Å². The highest BCUT2D eigenvalue weighted by atomic mass is 16.4.